The molecule has 0 radical (unpaired) electrons. The molecule has 13 heavy (non-hydrogen) atoms. The molecule has 0 aliphatic rings. The summed E-state index contributed by atoms with van der Waals surface area (Å²) in [6.07, 6.45) is 0. The Morgan fingerprint density at radius 2 is 1.46 bits per heavy atom. The van der Waals surface area contributed by atoms with E-state index in [0.717, 1.165) is 0 Å². The van der Waals surface area contributed by atoms with Crippen molar-refractivity contribution < 1.29 is 37.6 Å². The van der Waals surface area contributed by atoms with Crippen LogP contribution in [-0.2, 0) is 18.0 Å². The van der Waals surface area contributed by atoms with Gasteiger partial charge in [-0.15, -0.1) is 0 Å². The summed E-state index contributed by atoms with van der Waals surface area (Å²) in [4.78, 5) is 33.7. The Morgan fingerprint density at radius 1 is 1.08 bits per heavy atom. The number of hydrogen-bond donors (Lipinski definition) is 4. The summed E-state index contributed by atoms with van der Waals surface area (Å²) in [7, 11) is -13.7. The van der Waals surface area contributed by atoms with Crippen LogP contribution in [0.2, 0.25) is 0 Å². The lowest BCUT2D eigenvalue weighted by atomic mass is 11.9. The van der Waals surface area contributed by atoms with Gasteiger partial charge in [-0.2, -0.15) is 0 Å². The molecule has 0 saturated carbocycles. The molecule has 4 N–H and O–H groups in total. The van der Waals surface area contributed by atoms with E-state index in [-0.39, 0.29) is 0 Å². The standard InChI is InChI=1S/C2H9O8P3/c1-11(3,4)10-13(8,9)2-12(5,6)7/h2H2,1H3,(H,3,4)(H,8,9)(H2,5,6,7). The van der Waals surface area contributed by atoms with Gasteiger partial charge in [0.25, 0.3) is 0 Å². The van der Waals surface area contributed by atoms with Crippen LogP contribution in [-0.4, -0.2) is 32.1 Å². The van der Waals surface area contributed by atoms with E-state index in [2.05, 4.69) is 4.31 Å². The number of hydrogen-bond acceptors (Lipinski definition) is 4. The topological polar surface area (TPSA) is 141 Å². The van der Waals surface area contributed by atoms with E-state index >= 15 is 0 Å². The molecule has 0 rings (SSSR count). The third kappa shape index (κ3) is 8.81. The molecule has 0 saturated heterocycles. The first kappa shape index (κ1) is 13.5. The molecule has 0 spiro atoms. The van der Waals surface area contributed by atoms with E-state index in [1.54, 1.807) is 0 Å². The van der Waals surface area contributed by atoms with E-state index in [4.69, 9.17) is 19.6 Å². The van der Waals surface area contributed by atoms with Crippen molar-refractivity contribution in [3.8, 4) is 0 Å². The van der Waals surface area contributed by atoms with Gasteiger partial charge in [-0.05, 0) is 0 Å². The highest BCUT2D eigenvalue weighted by molar-refractivity contribution is 7.74. The van der Waals surface area contributed by atoms with Crippen LogP contribution in [0.25, 0.3) is 0 Å². The third-order valence-electron chi connectivity index (χ3n) is 0.642. The summed E-state index contributed by atoms with van der Waals surface area (Å²) >= 11 is 0. The molecule has 0 amide bonds. The van der Waals surface area contributed by atoms with Gasteiger partial charge in [-0.3, -0.25) is 13.7 Å². The molecule has 2 unspecified atom stereocenters. The Balaban J connectivity index is 4.54. The van der Waals surface area contributed by atoms with E-state index < -0.39 is 28.7 Å². The molecular weight excluding hydrogens is 245 g/mol. The van der Waals surface area contributed by atoms with E-state index in [1.807, 2.05) is 0 Å². The average molecular weight is 254 g/mol. The van der Waals surface area contributed by atoms with Crippen molar-refractivity contribution in [2.24, 2.45) is 0 Å². The Bertz CT molecular complexity index is 279. The molecule has 0 aliphatic carbocycles. The lowest BCUT2D eigenvalue weighted by Gasteiger charge is -2.13. The molecule has 2 atom stereocenters. The minimum absolute atomic E-state index is 0.634. The summed E-state index contributed by atoms with van der Waals surface area (Å²) in [6, 6.07) is 0. The van der Waals surface area contributed by atoms with Crippen LogP contribution in [0.3, 0.4) is 0 Å². The normalized spacial score (nSPS) is 21.9. The van der Waals surface area contributed by atoms with Gasteiger partial charge in [0.15, 0.2) is 5.90 Å². The summed E-state index contributed by atoms with van der Waals surface area (Å²) in [6.45, 7) is 0.634. The van der Waals surface area contributed by atoms with Crippen LogP contribution in [0.5, 0.6) is 0 Å². The molecule has 0 aromatic heterocycles. The Kier molecular flexibility index (Phi) is 4.08. The summed E-state index contributed by atoms with van der Waals surface area (Å²) in [5.41, 5.74) is 0. The Labute approximate surface area is 73.8 Å². The molecule has 0 aliphatic heterocycles. The van der Waals surface area contributed by atoms with Crippen molar-refractivity contribution >= 4 is 22.8 Å². The molecule has 0 aromatic rings. The highest BCUT2D eigenvalue weighted by Crippen LogP contribution is 2.63. The lowest BCUT2D eigenvalue weighted by molar-refractivity contribution is 0.334. The molecule has 8 nitrogen and oxygen atoms in total. The Morgan fingerprint density at radius 3 is 1.69 bits per heavy atom. The van der Waals surface area contributed by atoms with Crippen LogP contribution in [0.1, 0.15) is 0 Å². The third-order valence-corrected chi connectivity index (χ3v) is 5.78. The second kappa shape index (κ2) is 3.93. The predicted molar refractivity (Wildman–Crippen MR) is 43.6 cm³/mol. The van der Waals surface area contributed by atoms with Crippen LogP contribution < -0.4 is 0 Å². The summed E-state index contributed by atoms with van der Waals surface area (Å²) < 4.78 is 35.2. The van der Waals surface area contributed by atoms with Gasteiger partial charge < -0.3 is 19.6 Å². The van der Waals surface area contributed by atoms with Gasteiger partial charge in [0.2, 0.25) is 0 Å². The van der Waals surface area contributed by atoms with Crippen molar-refractivity contribution in [2.45, 2.75) is 0 Å². The maximum Gasteiger partial charge on any atom is 0.347 e. The fourth-order valence-corrected chi connectivity index (χ4v) is 4.92. The molecule has 11 heteroatoms. The fourth-order valence-electron chi connectivity index (χ4n) is 0.495. The zero-order valence-corrected chi connectivity index (χ0v) is 9.15. The maximum absolute atomic E-state index is 10.8. The second-order valence-corrected chi connectivity index (χ2v) is 8.32. The quantitative estimate of drug-likeness (QED) is 0.519. The average Bonchev–Trinajstić information content (AvgIpc) is 1.43. The lowest BCUT2D eigenvalue weighted by Crippen LogP contribution is -1.94. The van der Waals surface area contributed by atoms with Crippen LogP contribution in [0.15, 0.2) is 0 Å². The second-order valence-electron chi connectivity index (χ2n) is 2.33. The van der Waals surface area contributed by atoms with Gasteiger partial charge in [-0.1, -0.05) is 0 Å². The van der Waals surface area contributed by atoms with E-state index in [9.17, 15) is 13.7 Å². The highest BCUT2D eigenvalue weighted by atomic mass is 31.3. The van der Waals surface area contributed by atoms with Gasteiger partial charge in [0.1, 0.15) is 0 Å². The monoisotopic (exact) mass is 254 g/mol. The minimum Gasteiger partial charge on any atom is -0.324 e. The van der Waals surface area contributed by atoms with E-state index in [1.165, 1.54) is 0 Å². The van der Waals surface area contributed by atoms with Gasteiger partial charge >= 0.3 is 22.8 Å². The van der Waals surface area contributed by atoms with Crippen molar-refractivity contribution in [1.29, 1.82) is 0 Å². The molecule has 0 fully saturated rings. The Hall–Kier alpha value is 0.490. The number of rotatable bonds is 4. The van der Waals surface area contributed by atoms with Gasteiger partial charge in [0.05, 0.1) is 0 Å². The first-order valence-electron chi connectivity index (χ1n) is 2.79. The first-order valence-corrected chi connectivity index (χ1v) is 8.38. The molecule has 80 valence electrons. The maximum atomic E-state index is 10.8. The predicted octanol–water partition coefficient (Wildman–Crippen LogP) is 0.139. The van der Waals surface area contributed by atoms with E-state index in [0.29, 0.717) is 6.66 Å². The van der Waals surface area contributed by atoms with Crippen LogP contribution >= 0.6 is 22.8 Å². The first-order chi connectivity index (χ1) is 5.41. The SMILES string of the molecule is CP(=O)(O)OP(=O)(O)CP(=O)(O)O. The smallest absolute Gasteiger partial charge is 0.324 e. The fraction of sp³-hybridized carbons (Fsp3) is 1.00. The zero-order chi connectivity index (χ0) is 10.9. The molecule has 0 heterocycles. The van der Waals surface area contributed by atoms with Crippen molar-refractivity contribution in [1.82, 2.24) is 0 Å². The van der Waals surface area contributed by atoms with Crippen molar-refractivity contribution in [2.75, 3.05) is 12.6 Å². The van der Waals surface area contributed by atoms with Crippen LogP contribution in [0.4, 0.5) is 0 Å². The molecule has 0 bridgehead atoms. The summed E-state index contributed by atoms with van der Waals surface area (Å²) in [5, 5.41) is 0. The molecule has 0 aromatic carbocycles. The molecular formula is C2H9O8P3. The van der Waals surface area contributed by atoms with Gasteiger partial charge in [0, 0.05) is 6.66 Å². The largest absolute Gasteiger partial charge is 0.347 e. The van der Waals surface area contributed by atoms with Crippen molar-refractivity contribution in [3.05, 3.63) is 0 Å². The van der Waals surface area contributed by atoms with Crippen LogP contribution in [0, 0.1) is 0 Å². The highest BCUT2D eigenvalue weighted by Gasteiger charge is 2.35. The zero-order valence-electron chi connectivity index (χ0n) is 6.47. The van der Waals surface area contributed by atoms with Crippen molar-refractivity contribution in [3.63, 3.8) is 0 Å². The summed E-state index contributed by atoms with van der Waals surface area (Å²) in [5.74, 6) is -1.47. The van der Waals surface area contributed by atoms with Gasteiger partial charge in [-0.25, -0.2) is 4.31 Å². The minimum atomic E-state index is -4.74.